The highest BCUT2D eigenvalue weighted by atomic mass is 32.1. The summed E-state index contributed by atoms with van der Waals surface area (Å²) in [5.41, 5.74) is 6.95. The number of ether oxygens (including phenoxy) is 1. The number of likely N-dealkylation sites (tertiary alicyclic amines) is 1. The third-order valence-corrected chi connectivity index (χ3v) is 5.33. The van der Waals surface area contributed by atoms with Gasteiger partial charge in [-0.25, -0.2) is 9.78 Å². The van der Waals surface area contributed by atoms with Crippen LogP contribution in [-0.4, -0.2) is 48.3 Å². The maximum atomic E-state index is 11.7. The minimum Gasteiger partial charge on any atom is -0.453 e. The van der Waals surface area contributed by atoms with Crippen molar-refractivity contribution in [1.29, 1.82) is 0 Å². The molecule has 2 heterocycles. The second kappa shape index (κ2) is 6.19. The van der Waals surface area contributed by atoms with Gasteiger partial charge in [-0.3, -0.25) is 0 Å². The molecule has 2 unspecified atom stereocenters. The Balaban J connectivity index is 1.53. The number of amides is 1. The SMILES string of the molecule is COC(=O)N1CCCC1CNC1CCc2nc(N)sc2C1. The standard InChI is InChI=1S/C14H22N4O2S/c1-20-14(19)18-6-2-3-10(18)8-16-9-4-5-11-12(7-9)21-13(15)17-11/h9-10,16H,2-8H2,1H3,(H2,15,17). The molecule has 0 aromatic carbocycles. The largest absolute Gasteiger partial charge is 0.453 e. The van der Waals surface area contributed by atoms with Gasteiger partial charge in [-0.05, 0) is 32.1 Å². The highest BCUT2D eigenvalue weighted by Crippen LogP contribution is 2.28. The molecule has 0 radical (unpaired) electrons. The topological polar surface area (TPSA) is 80.5 Å². The summed E-state index contributed by atoms with van der Waals surface area (Å²) in [5, 5.41) is 4.29. The van der Waals surface area contributed by atoms with Crippen molar-refractivity contribution in [2.75, 3.05) is 25.9 Å². The van der Waals surface area contributed by atoms with E-state index in [1.807, 2.05) is 4.90 Å². The summed E-state index contributed by atoms with van der Waals surface area (Å²) in [6.07, 6.45) is 4.97. The molecule has 21 heavy (non-hydrogen) atoms. The first-order valence-corrected chi connectivity index (χ1v) is 8.31. The van der Waals surface area contributed by atoms with Crippen molar-refractivity contribution >= 4 is 22.6 Å². The molecule has 0 bridgehead atoms. The fraction of sp³-hybridized carbons (Fsp3) is 0.714. The lowest BCUT2D eigenvalue weighted by Gasteiger charge is -2.27. The van der Waals surface area contributed by atoms with E-state index in [1.165, 1.54) is 17.7 Å². The van der Waals surface area contributed by atoms with Crippen LogP contribution in [0.3, 0.4) is 0 Å². The average Bonchev–Trinajstić information content (AvgIpc) is 3.08. The van der Waals surface area contributed by atoms with Crippen LogP contribution in [0.1, 0.15) is 29.8 Å². The second-order valence-electron chi connectivity index (χ2n) is 5.73. The molecule has 0 saturated carbocycles. The van der Waals surface area contributed by atoms with Crippen molar-refractivity contribution in [3.05, 3.63) is 10.6 Å². The van der Waals surface area contributed by atoms with E-state index in [9.17, 15) is 4.79 Å². The molecular weight excluding hydrogens is 288 g/mol. The summed E-state index contributed by atoms with van der Waals surface area (Å²) in [5.74, 6) is 0. The minimum atomic E-state index is -0.208. The van der Waals surface area contributed by atoms with Crippen LogP contribution in [0.4, 0.5) is 9.93 Å². The summed E-state index contributed by atoms with van der Waals surface area (Å²) >= 11 is 1.60. The van der Waals surface area contributed by atoms with Crippen LogP contribution in [0.25, 0.3) is 0 Å². The number of rotatable bonds is 3. The molecule has 1 amide bonds. The molecule has 1 saturated heterocycles. The van der Waals surface area contributed by atoms with Crippen molar-refractivity contribution in [3.8, 4) is 0 Å². The molecule has 1 aliphatic carbocycles. The molecule has 1 aromatic rings. The number of nitrogens with zero attached hydrogens (tertiary/aromatic N) is 2. The van der Waals surface area contributed by atoms with Crippen molar-refractivity contribution in [1.82, 2.24) is 15.2 Å². The number of hydrogen-bond acceptors (Lipinski definition) is 6. The highest BCUT2D eigenvalue weighted by Gasteiger charge is 2.30. The van der Waals surface area contributed by atoms with E-state index in [4.69, 9.17) is 10.5 Å². The zero-order chi connectivity index (χ0) is 14.8. The lowest BCUT2D eigenvalue weighted by Crippen LogP contribution is -2.45. The number of nitrogen functional groups attached to an aromatic ring is 1. The van der Waals surface area contributed by atoms with Gasteiger partial charge in [0.15, 0.2) is 5.13 Å². The van der Waals surface area contributed by atoms with Gasteiger partial charge in [0.1, 0.15) is 0 Å². The van der Waals surface area contributed by atoms with Crippen molar-refractivity contribution in [3.63, 3.8) is 0 Å². The number of nitrogens with one attached hydrogen (secondary N) is 1. The highest BCUT2D eigenvalue weighted by molar-refractivity contribution is 7.15. The predicted octanol–water partition coefficient (Wildman–Crippen LogP) is 1.40. The number of thiazole rings is 1. The van der Waals surface area contributed by atoms with Crippen molar-refractivity contribution in [2.45, 2.75) is 44.2 Å². The van der Waals surface area contributed by atoms with Gasteiger partial charge in [-0.2, -0.15) is 0 Å². The molecule has 2 aliphatic rings. The molecule has 0 spiro atoms. The van der Waals surface area contributed by atoms with Gasteiger partial charge in [0.05, 0.1) is 12.8 Å². The quantitative estimate of drug-likeness (QED) is 0.882. The number of methoxy groups -OCH3 is 1. The number of nitrogens with two attached hydrogens (primary N) is 1. The third kappa shape index (κ3) is 3.13. The molecule has 1 aromatic heterocycles. The normalized spacial score (nSPS) is 24.9. The Morgan fingerprint density at radius 2 is 2.43 bits per heavy atom. The first-order chi connectivity index (χ1) is 10.2. The lowest BCUT2D eigenvalue weighted by molar-refractivity contribution is 0.118. The summed E-state index contributed by atoms with van der Waals surface area (Å²) in [7, 11) is 1.45. The number of anilines is 1. The number of hydrogen-bond donors (Lipinski definition) is 2. The van der Waals surface area contributed by atoms with E-state index < -0.39 is 0 Å². The fourth-order valence-corrected chi connectivity index (χ4v) is 4.24. The monoisotopic (exact) mass is 310 g/mol. The summed E-state index contributed by atoms with van der Waals surface area (Å²) < 4.78 is 4.84. The van der Waals surface area contributed by atoms with Gasteiger partial charge >= 0.3 is 6.09 Å². The molecule has 2 atom stereocenters. The molecule has 116 valence electrons. The Hall–Kier alpha value is -1.34. The molecule has 3 N–H and O–H groups in total. The van der Waals surface area contributed by atoms with Crippen LogP contribution in [0, 0.1) is 0 Å². The fourth-order valence-electron chi connectivity index (χ4n) is 3.28. The Morgan fingerprint density at radius 1 is 1.57 bits per heavy atom. The molecule has 1 fully saturated rings. The van der Waals surface area contributed by atoms with Gasteiger partial charge in [-0.1, -0.05) is 0 Å². The summed E-state index contributed by atoms with van der Waals surface area (Å²) in [6.45, 7) is 1.64. The summed E-state index contributed by atoms with van der Waals surface area (Å²) in [6, 6.07) is 0.711. The van der Waals surface area contributed by atoms with Gasteiger partial charge < -0.3 is 20.7 Å². The van der Waals surface area contributed by atoms with E-state index in [-0.39, 0.29) is 12.1 Å². The lowest BCUT2D eigenvalue weighted by atomic mass is 9.97. The van der Waals surface area contributed by atoms with Crippen molar-refractivity contribution < 1.29 is 9.53 Å². The van der Waals surface area contributed by atoms with E-state index in [1.54, 1.807) is 11.3 Å². The van der Waals surface area contributed by atoms with Gasteiger partial charge in [0.25, 0.3) is 0 Å². The van der Waals surface area contributed by atoms with Crippen LogP contribution < -0.4 is 11.1 Å². The maximum absolute atomic E-state index is 11.7. The van der Waals surface area contributed by atoms with E-state index in [0.717, 1.165) is 45.2 Å². The van der Waals surface area contributed by atoms with Crippen LogP contribution in [0.2, 0.25) is 0 Å². The van der Waals surface area contributed by atoms with E-state index >= 15 is 0 Å². The first-order valence-electron chi connectivity index (χ1n) is 7.49. The van der Waals surface area contributed by atoms with Crippen LogP contribution in [0.15, 0.2) is 0 Å². The maximum Gasteiger partial charge on any atom is 0.409 e. The second-order valence-corrected chi connectivity index (χ2v) is 6.84. The van der Waals surface area contributed by atoms with Gasteiger partial charge in [-0.15, -0.1) is 11.3 Å². The number of fused-ring (bicyclic) bond motifs is 1. The smallest absolute Gasteiger partial charge is 0.409 e. The van der Waals surface area contributed by atoms with Gasteiger partial charge in [0.2, 0.25) is 0 Å². The van der Waals surface area contributed by atoms with Gasteiger partial charge in [0, 0.05) is 30.1 Å². The third-order valence-electron chi connectivity index (χ3n) is 4.38. The predicted molar refractivity (Wildman–Crippen MR) is 82.5 cm³/mol. The first kappa shape index (κ1) is 14.6. The van der Waals surface area contributed by atoms with E-state index in [2.05, 4.69) is 10.3 Å². The minimum absolute atomic E-state index is 0.208. The zero-order valence-electron chi connectivity index (χ0n) is 12.3. The van der Waals surface area contributed by atoms with Crippen LogP contribution >= 0.6 is 11.3 Å². The molecule has 3 rings (SSSR count). The Morgan fingerprint density at radius 3 is 3.24 bits per heavy atom. The average molecular weight is 310 g/mol. The molecule has 7 heteroatoms. The Kier molecular flexibility index (Phi) is 4.30. The van der Waals surface area contributed by atoms with Crippen LogP contribution in [0.5, 0.6) is 0 Å². The molecule has 6 nitrogen and oxygen atoms in total. The number of aryl methyl sites for hydroxylation is 1. The zero-order valence-corrected chi connectivity index (χ0v) is 13.1. The number of carbonyl (C=O) groups is 1. The van der Waals surface area contributed by atoms with E-state index in [0.29, 0.717) is 11.2 Å². The number of aromatic nitrogens is 1. The molecular formula is C14H22N4O2S. The number of carbonyl (C=O) groups excluding carboxylic acids is 1. The Labute approximate surface area is 128 Å². The Bertz CT molecular complexity index is 519. The van der Waals surface area contributed by atoms with Crippen LogP contribution in [-0.2, 0) is 17.6 Å². The van der Waals surface area contributed by atoms with Crippen molar-refractivity contribution in [2.24, 2.45) is 0 Å². The molecule has 1 aliphatic heterocycles. The summed E-state index contributed by atoms with van der Waals surface area (Å²) in [4.78, 5) is 19.2.